The lowest BCUT2D eigenvalue weighted by Gasteiger charge is -2.22. The Hall–Kier alpha value is -0.670. The predicted molar refractivity (Wildman–Crippen MR) is 82.5 cm³/mol. The van der Waals surface area contributed by atoms with Gasteiger partial charge in [-0.1, -0.05) is 37.6 Å². The highest BCUT2D eigenvalue weighted by Gasteiger charge is 2.20. The summed E-state index contributed by atoms with van der Waals surface area (Å²) in [6.07, 6.45) is 2.06. The Labute approximate surface area is 119 Å². The van der Waals surface area contributed by atoms with Gasteiger partial charge in [-0.3, -0.25) is 5.41 Å². The summed E-state index contributed by atoms with van der Waals surface area (Å²) in [6, 6.07) is 7.98. The monoisotopic (exact) mass is 284 g/mol. The molecule has 2 nitrogen and oxygen atoms in total. The standard InChI is InChI=1S/C14H21ClN2S/c1-14(2,13(16)17)8-3-9-18-10-11-4-6-12(15)7-5-11/h4-7H,3,8-10H2,1-2H3,(H3,16,17). The molecule has 0 unspecified atom stereocenters. The Bertz CT molecular complexity index is 387. The van der Waals surface area contributed by atoms with Crippen molar-refractivity contribution in [2.24, 2.45) is 11.1 Å². The molecule has 3 N–H and O–H groups in total. The number of nitrogens with two attached hydrogens (primary N) is 1. The van der Waals surface area contributed by atoms with Gasteiger partial charge in [-0.25, -0.2) is 0 Å². The van der Waals surface area contributed by atoms with Crippen molar-refractivity contribution < 1.29 is 0 Å². The Balaban J connectivity index is 2.20. The minimum atomic E-state index is -0.166. The molecule has 0 amide bonds. The van der Waals surface area contributed by atoms with Crippen molar-refractivity contribution in [1.82, 2.24) is 0 Å². The highest BCUT2D eigenvalue weighted by atomic mass is 35.5. The summed E-state index contributed by atoms with van der Waals surface area (Å²) in [5.41, 5.74) is 6.69. The maximum Gasteiger partial charge on any atom is 0.0963 e. The van der Waals surface area contributed by atoms with Crippen LogP contribution in [0, 0.1) is 10.8 Å². The molecule has 1 aromatic carbocycles. The van der Waals surface area contributed by atoms with Crippen LogP contribution >= 0.6 is 23.4 Å². The van der Waals surface area contributed by atoms with Gasteiger partial charge in [0.05, 0.1) is 5.84 Å². The number of hydrogen-bond acceptors (Lipinski definition) is 2. The molecule has 0 heterocycles. The highest BCUT2D eigenvalue weighted by Crippen LogP contribution is 2.24. The molecule has 0 aliphatic carbocycles. The third-order valence-corrected chi connectivity index (χ3v) is 4.37. The van der Waals surface area contributed by atoms with Crippen molar-refractivity contribution in [3.63, 3.8) is 0 Å². The molecule has 0 aromatic heterocycles. The van der Waals surface area contributed by atoms with E-state index in [-0.39, 0.29) is 11.3 Å². The van der Waals surface area contributed by atoms with Crippen LogP contribution in [-0.4, -0.2) is 11.6 Å². The van der Waals surface area contributed by atoms with Crippen molar-refractivity contribution in [3.8, 4) is 0 Å². The first-order chi connectivity index (χ1) is 8.42. The van der Waals surface area contributed by atoms with Gasteiger partial charge in [0, 0.05) is 16.2 Å². The number of nitrogens with one attached hydrogen (secondary N) is 1. The van der Waals surface area contributed by atoms with Crippen LogP contribution in [-0.2, 0) is 5.75 Å². The van der Waals surface area contributed by atoms with E-state index < -0.39 is 0 Å². The number of halogens is 1. The van der Waals surface area contributed by atoms with Crippen LogP contribution in [0.4, 0.5) is 0 Å². The summed E-state index contributed by atoms with van der Waals surface area (Å²) in [4.78, 5) is 0. The molecule has 1 rings (SSSR count). The second-order valence-electron chi connectivity index (χ2n) is 5.08. The van der Waals surface area contributed by atoms with E-state index in [0.717, 1.165) is 29.4 Å². The average Bonchev–Trinajstić information content (AvgIpc) is 2.31. The lowest BCUT2D eigenvalue weighted by Crippen LogP contribution is -2.30. The molecule has 0 atom stereocenters. The number of benzene rings is 1. The third-order valence-electron chi connectivity index (χ3n) is 3.00. The fourth-order valence-corrected chi connectivity index (χ4v) is 2.57. The van der Waals surface area contributed by atoms with Crippen LogP contribution < -0.4 is 5.73 Å². The van der Waals surface area contributed by atoms with Gasteiger partial charge < -0.3 is 5.73 Å². The second kappa shape index (κ2) is 7.05. The molecule has 0 bridgehead atoms. The Morgan fingerprint density at radius 1 is 1.33 bits per heavy atom. The first-order valence-corrected chi connectivity index (χ1v) is 7.62. The SMILES string of the molecule is CC(C)(CCCSCc1ccc(Cl)cc1)C(=N)N. The van der Waals surface area contributed by atoms with E-state index in [2.05, 4.69) is 12.1 Å². The minimum absolute atomic E-state index is 0.166. The quantitative estimate of drug-likeness (QED) is 0.445. The highest BCUT2D eigenvalue weighted by molar-refractivity contribution is 7.98. The van der Waals surface area contributed by atoms with Crippen molar-refractivity contribution in [2.45, 2.75) is 32.4 Å². The molecular weight excluding hydrogens is 264 g/mol. The van der Waals surface area contributed by atoms with Gasteiger partial charge >= 0.3 is 0 Å². The van der Waals surface area contributed by atoms with Crippen LogP contribution in [0.25, 0.3) is 0 Å². The topological polar surface area (TPSA) is 49.9 Å². The van der Waals surface area contributed by atoms with Gasteiger partial charge in [-0.2, -0.15) is 11.8 Å². The first-order valence-electron chi connectivity index (χ1n) is 6.08. The summed E-state index contributed by atoms with van der Waals surface area (Å²) in [5.74, 6) is 2.39. The van der Waals surface area contributed by atoms with Crippen LogP contribution in [0.1, 0.15) is 32.3 Å². The molecule has 0 aliphatic heterocycles. The fraction of sp³-hybridized carbons (Fsp3) is 0.500. The average molecular weight is 285 g/mol. The van der Waals surface area contributed by atoms with Crippen LogP contribution in [0.3, 0.4) is 0 Å². The fourth-order valence-electron chi connectivity index (χ4n) is 1.52. The third kappa shape index (κ3) is 5.32. The van der Waals surface area contributed by atoms with Crippen LogP contribution in [0.2, 0.25) is 5.02 Å². The molecule has 0 aliphatic rings. The van der Waals surface area contributed by atoms with Crippen molar-refractivity contribution in [1.29, 1.82) is 5.41 Å². The molecular formula is C14H21ClN2S. The molecule has 0 spiro atoms. The maximum absolute atomic E-state index is 7.49. The lowest BCUT2D eigenvalue weighted by atomic mass is 9.87. The summed E-state index contributed by atoms with van der Waals surface area (Å²) in [6.45, 7) is 4.05. The Morgan fingerprint density at radius 2 is 1.94 bits per heavy atom. The summed E-state index contributed by atoms with van der Waals surface area (Å²) in [5, 5.41) is 8.27. The lowest BCUT2D eigenvalue weighted by molar-refractivity contribution is 0.464. The van der Waals surface area contributed by atoms with Gasteiger partial charge in [0.25, 0.3) is 0 Å². The largest absolute Gasteiger partial charge is 0.387 e. The zero-order chi connectivity index (χ0) is 13.6. The van der Waals surface area contributed by atoms with E-state index in [0.29, 0.717) is 0 Å². The van der Waals surface area contributed by atoms with Gasteiger partial charge in [0.2, 0.25) is 0 Å². The molecule has 0 radical (unpaired) electrons. The predicted octanol–water partition coefficient (Wildman–Crippen LogP) is 4.32. The molecule has 1 aromatic rings. The number of amidine groups is 1. The molecule has 0 saturated carbocycles. The zero-order valence-corrected chi connectivity index (χ0v) is 12.6. The van der Waals surface area contributed by atoms with Gasteiger partial charge in [-0.05, 0) is 36.3 Å². The summed E-state index contributed by atoms with van der Waals surface area (Å²) >= 11 is 7.75. The molecule has 4 heteroatoms. The van der Waals surface area contributed by atoms with E-state index in [4.69, 9.17) is 22.7 Å². The van der Waals surface area contributed by atoms with E-state index in [1.54, 1.807) is 0 Å². The number of hydrogen-bond donors (Lipinski definition) is 2. The summed E-state index contributed by atoms with van der Waals surface area (Å²) in [7, 11) is 0. The Kier molecular flexibility index (Phi) is 6.03. The van der Waals surface area contributed by atoms with Crippen molar-refractivity contribution >= 4 is 29.2 Å². The van der Waals surface area contributed by atoms with Crippen LogP contribution in [0.5, 0.6) is 0 Å². The number of thioether (sulfide) groups is 1. The molecule has 100 valence electrons. The number of rotatable bonds is 7. The normalized spacial score (nSPS) is 11.5. The van der Waals surface area contributed by atoms with Gasteiger partial charge in [0.15, 0.2) is 0 Å². The van der Waals surface area contributed by atoms with E-state index in [1.165, 1.54) is 5.56 Å². The zero-order valence-electron chi connectivity index (χ0n) is 11.0. The molecule has 0 saturated heterocycles. The van der Waals surface area contributed by atoms with Crippen molar-refractivity contribution in [2.75, 3.05) is 5.75 Å². The minimum Gasteiger partial charge on any atom is -0.387 e. The van der Waals surface area contributed by atoms with E-state index in [1.807, 2.05) is 37.7 Å². The Morgan fingerprint density at radius 3 is 2.50 bits per heavy atom. The van der Waals surface area contributed by atoms with E-state index in [9.17, 15) is 0 Å². The van der Waals surface area contributed by atoms with Gasteiger partial charge in [0.1, 0.15) is 0 Å². The van der Waals surface area contributed by atoms with Gasteiger partial charge in [-0.15, -0.1) is 0 Å². The molecule has 18 heavy (non-hydrogen) atoms. The maximum atomic E-state index is 7.49. The summed E-state index contributed by atoms with van der Waals surface area (Å²) < 4.78 is 0. The molecule has 0 fully saturated rings. The second-order valence-corrected chi connectivity index (χ2v) is 6.62. The smallest absolute Gasteiger partial charge is 0.0963 e. The van der Waals surface area contributed by atoms with E-state index >= 15 is 0 Å². The van der Waals surface area contributed by atoms with Crippen molar-refractivity contribution in [3.05, 3.63) is 34.9 Å². The first kappa shape index (κ1) is 15.4. The van der Waals surface area contributed by atoms with Crippen LogP contribution in [0.15, 0.2) is 24.3 Å².